The van der Waals surface area contributed by atoms with E-state index in [9.17, 15) is 10.3 Å². The third-order valence-corrected chi connectivity index (χ3v) is 3.51. The van der Waals surface area contributed by atoms with Gasteiger partial charge in [0.05, 0.1) is 10.0 Å². The fourth-order valence-corrected chi connectivity index (χ4v) is 2.06. The second-order valence-electron chi connectivity index (χ2n) is 5.84. The maximum atomic E-state index is 12.1. The summed E-state index contributed by atoms with van der Waals surface area (Å²) in [5.74, 6) is -0.218. The first kappa shape index (κ1) is 17.4. The average Bonchev–Trinajstić information content (AvgIpc) is 2.44. The van der Waals surface area contributed by atoms with Crippen molar-refractivity contribution in [3.8, 4) is 5.75 Å². The van der Waals surface area contributed by atoms with Crippen LogP contribution in [-0.2, 0) is 4.84 Å². The van der Waals surface area contributed by atoms with Crippen LogP contribution in [0.3, 0.4) is 0 Å². The van der Waals surface area contributed by atoms with Crippen molar-refractivity contribution < 1.29 is 14.7 Å². The molecule has 0 atom stereocenters. The van der Waals surface area contributed by atoms with Gasteiger partial charge in [-0.25, -0.2) is 0 Å². The molecule has 0 unspecified atom stereocenters. The lowest BCUT2D eigenvalue weighted by molar-refractivity contribution is -0.607. The van der Waals surface area contributed by atoms with Gasteiger partial charge >= 0.3 is 0 Å². The highest BCUT2D eigenvalue weighted by molar-refractivity contribution is 6.42. The van der Waals surface area contributed by atoms with E-state index in [2.05, 4.69) is 5.16 Å². The summed E-state index contributed by atoms with van der Waals surface area (Å²) in [5, 5.41) is 26.9. The van der Waals surface area contributed by atoms with Gasteiger partial charge in [-0.3, -0.25) is 0 Å². The lowest BCUT2D eigenvalue weighted by Crippen LogP contribution is -2.35. The highest BCUT2D eigenvalue weighted by atomic mass is 35.5. The summed E-state index contributed by atoms with van der Waals surface area (Å²) in [6.45, 7) is 5.46. The van der Waals surface area contributed by atoms with Crippen molar-refractivity contribution in [3.63, 3.8) is 0 Å². The van der Waals surface area contributed by atoms with Crippen LogP contribution in [0.25, 0.3) is 0 Å². The van der Waals surface area contributed by atoms with Crippen LogP contribution in [0.1, 0.15) is 32.0 Å². The predicted octanol–water partition coefficient (Wildman–Crippen LogP) is 3.90. The van der Waals surface area contributed by atoms with Gasteiger partial charge in [0.15, 0.2) is 17.7 Å². The van der Waals surface area contributed by atoms with Crippen LogP contribution in [0.5, 0.6) is 5.75 Å². The minimum absolute atomic E-state index is 0.0323. The van der Waals surface area contributed by atoms with Gasteiger partial charge < -0.3 is 15.2 Å². The highest BCUT2D eigenvalue weighted by Gasteiger charge is 2.24. The van der Waals surface area contributed by atoms with Crippen molar-refractivity contribution in [3.05, 3.63) is 63.0 Å². The Kier molecular flexibility index (Phi) is 5.02. The molecule has 1 N–H and O–H groups in total. The van der Waals surface area contributed by atoms with Crippen molar-refractivity contribution in [2.45, 2.75) is 26.4 Å². The third kappa shape index (κ3) is 4.27. The van der Waals surface area contributed by atoms with Gasteiger partial charge in [0, 0.05) is 11.6 Å². The van der Waals surface area contributed by atoms with E-state index in [-0.39, 0.29) is 17.2 Å². The second kappa shape index (κ2) is 6.64. The van der Waals surface area contributed by atoms with Gasteiger partial charge in [-0.05, 0) is 39.0 Å². The molecule has 0 radical (unpaired) electrons. The van der Waals surface area contributed by atoms with E-state index in [1.54, 1.807) is 18.2 Å². The SMILES string of the molecule is CC(C)(C)O/N=C(/c1ccc(Cl)c(Cl)c1)c1c(O)ccc[n+]1[O-]. The molecule has 0 spiro atoms. The van der Waals surface area contributed by atoms with Gasteiger partial charge in [0.25, 0.3) is 5.69 Å². The summed E-state index contributed by atoms with van der Waals surface area (Å²) in [5.41, 5.74) is 0.0519. The average molecular weight is 355 g/mol. The van der Waals surface area contributed by atoms with E-state index >= 15 is 0 Å². The minimum Gasteiger partial charge on any atom is -0.618 e. The molecule has 0 saturated carbocycles. The van der Waals surface area contributed by atoms with E-state index in [0.29, 0.717) is 20.3 Å². The summed E-state index contributed by atoms with van der Waals surface area (Å²) in [6, 6.07) is 7.62. The lowest BCUT2D eigenvalue weighted by atomic mass is 10.1. The molecular weight excluding hydrogens is 339 g/mol. The largest absolute Gasteiger partial charge is 0.618 e. The zero-order chi connectivity index (χ0) is 17.2. The van der Waals surface area contributed by atoms with Crippen molar-refractivity contribution in [1.29, 1.82) is 0 Å². The zero-order valence-corrected chi connectivity index (χ0v) is 14.4. The van der Waals surface area contributed by atoms with Gasteiger partial charge in [-0.1, -0.05) is 34.4 Å². The number of aromatic hydroxyl groups is 1. The molecule has 0 aliphatic rings. The molecule has 0 bridgehead atoms. The van der Waals surface area contributed by atoms with Gasteiger partial charge in [0.1, 0.15) is 5.60 Å². The molecule has 0 amide bonds. The van der Waals surface area contributed by atoms with Crippen LogP contribution >= 0.6 is 23.2 Å². The van der Waals surface area contributed by atoms with E-state index < -0.39 is 5.60 Å². The Morgan fingerprint density at radius 3 is 2.48 bits per heavy atom. The Hall–Kier alpha value is -1.98. The molecule has 1 aromatic carbocycles. The summed E-state index contributed by atoms with van der Waals surface area (Å²) in [6.07, 6.45) is 1.26. The highest BCUT2D eigenvalue weighted by Crippen LogP contribution is 2.26. The summed E-state index contributed by atoms with van der Waals surface area (Å²) < 4.78 is 0.517. The minimum atomic E-state index is -0.570. The van der Waals surface area contributed by atoms with Crippen molar-refractivity contribution in [2.75, 3.05) is 0 Å². The first-order valence-corrected chi connectivity index (χ1v) is 7.58. The van der Waals surface area contributed by atoms with Crippen molar-refractivity contribution in [2.24, 2.45) is 5.16 Å². The van der Waals surface area contributed by atoms with Gasteiger partial charge in [-0.15, -0.1) is 0 Å². The molecule has 2 aromatic rings. The molecule has 0 fully saturated rings. The first-order valence-electron chi connectivity index (χ1n) is 6.82. The molecule has 5 nitrogen and oxygen atoms in total. The summed E-state index contributed by atoms with van der Waals surface area (Å²) in [4.78, 5) is 5.43. The van der Waals surface area contributed by atoms with E-state index in [1.165, 1.54) is 18.3 Å². The van der Waals surface area contributed by atoms with Crippen LogP contribution in [0.15, 0.2) is 41.7 Å². The number of aromatic nitrogens is 1. The molecule has 23 heavy (non-hydrogen) atoms. The number of rotatable bonds is 3. The summed E-state index contributed by atoms with van der Waals surface area (Å²) in [7, 11) is 0. The Balaban J connectivity index is 2.63. The zero-order valence-electron chi connectivity index (χ0n) is 12.9. The molecule has 2 rings (SSSR count). The molecule has 1 aromatic heterocycles. The normalized spacial score (nSPS) is 12.3. The smallest absolute Gasteiger partial charge is 0.288 e. The number of nitrogens with zero attached hydrogens (tertiary/aromatic N) is 2. The Bertz CT molecular complexity index is 735. The Morgan fingerprint density at radius 1 is 1.22 bits per heavy atom. The fraction of sp³-hybridized carbons (Fsp3) is 0.250. The van der Waals surface area contributed by atoms with Crippen LogP contribution in [-0.4, -0.2) is 16.4 Å². The number of benzene rings is 1. The monoisotopic (exact) mass is 354 g/mol. The van der Waals surface area contributed by atoms with Crippen LogP contribution < -0.4 is 4.73 Å². The number of oxime groups is 1. The number of pyridine rings is 1. The van der Waals surface area contributed by atoms with Gasteiger partial charge in [-0.2, -0.15) is 4.73 Å². The number of halogens is 2. The maximum Gasteiger partial charge on any atom is 0.288 e. The fourth-order valence-electron chi connectivity index (χ4n) is 1.76. The standard InChI is InChI=1S/C16H16Cl2N2O3/c1-16(2,3)23-19-14(10-6-7-11(17)12(18)9-10)15-13(21)5-4-8-20(15)22/h4-9,21H,1-3H3/b19-14-. The summed E-state index contributed by atoms with van der Waals surface area (Å²) >= 11 is 12.0. The first-order chi connectivity index (χ1) is 10.7. The second-order valence-corrected chi connectivity index (χ2v) is 6.65. The molecule has 0 aliphatic carbocycles. The van der Waals surface area contributed by atoms with Crippen molar-refractivity contribution >= 4 is 28.9 Å². The van der Waals surface area contributed by atoms with E-state index in [1.807, 2.05) is 20.8 Å². The topological polar surface area (TPSA) is 68.8 Å². The van der Waals surface area contributed by atoms with E-state index in [4.69, 9.17) is 28.0 Å². The Labute approximate surface area is 144 Å². The molecule has 0 saturated heterocycles. The van der Waals surface area contributed by atoms with Gasteiger partial charge in [0.2, 0.25) is 0 Å². The number of hydrogen-bond donors (Lipinski definition) is 1. The van der Waals surface area contributed by atoms with Crippen molar-refractivity contribution in [1.82, 2.24) is 0 Å². The predicted molar refractivity (Wildman–Crippen MR) is 90.0 cm³/mol. The van der Waals surface area contributed by atoms with Crippen LogP contribution in [0, 0.1) is 5.21 Å². The van der Waals surface area contributed by atoms with Crippen LogP contribution in [0.4, 0.5) is 0 Å². The quantitative estimate of drug-likeness (QED) is 0.393. The molecule has 122 valence electrons. The third-order valence-electron chi connectivity index (χ3n) is 2.77. The molecular formula is C16H16Cl2N2O3. The molecule has 0 aliphatic heterocycles. The lowest BCUT2D eigenvalue weighted by Gasteiger charge is -2.17. The Morgan fingerprint density at radius 2 is 1.91 bits per heavy atom. The number of hydrogen-bond acceptors (Lipinski definition) is 4. The molecule has 1 heterocycles. The molecule has 7 heteroatoms. The maximum absolute atomic E-state index is 12.1. The van der Waals surface area contributed by atoms with Crippen LogP contribution in [0.2, 0.25) is 10.0 Å². The van der Waals surface area contributed by atoms with E-state index in [0.717, 1.165) is 0 Å².